The molecule has 7 nitrogen and oxygen atoms in total. The maximum Gasteiger partial charge on any atom is 0.273 e. The molecular formula is C31H36N4O3S3. The first-order chi connectivity index (χ1) is 19.5. The summed E-state index contributed by atoms with van der Waals surface area (Å²) in [6.07, 6.45) is 8.51. The molecular weight excluding hydrogens is 573 g/mol. The molecule has 1 aromatic carbocycles. The minimum atomic E-state index is -3.74. The van der Waals surface area contributed by atoms with Crippen molar-refractivity contribution in [2.24, 2.45) is 5.92 Å². The van der Waals surface area contributed by atoms with E-state index in [0.717, 1.165) is 28.0 Å². The molecule has 1 aliphatic rings. The van der Waals surface area contributed by atoms with Gasteiger partial charge < -0.3 is 9.72 Å². The van der Waals surface area contributed by atoms with Crippen molar-refractivity contribution in [3.63, 3.8) is 0 Å². The van der Waals surface area contributed by atoms with Crippen LogP contribution in [0.3, 0.4) is 0 Å². The second-order valence-electron chi connectivity index (χ2n) is 10.0. The third-order valence-electron chi connectivity index (χ3n) is 7.56. The quantitative estimate of drug-likeness (QED) is 0.155. The highest BCUT2D eigenvalue weighted by Gasteiger charge is 2.31. The predicted molar refractivity (Wildman–Crippen MR) is 170 cm³/mol. The van der Waals surface area contributed by atoms with E-state index in [2.05, 4.69) is 28.2 Å². The van der Waals surface area contributed by atoms with Crippen LogP contribution in [0.25, 0.3) is 21.6 Å². The SMILES string of the molecule is C.CCOCCN(c1cccc2cc(-c3ncc(CC4CCCC4c4ccccn4)s3)[nH]c12)S(=O)(=O)c1cccs1. The lowest BCUT2D eigenvalue weighted by Crippen LogP contribution is -2.34. The molecule has 0 amide bonds. The molecule has 10 heteroatoms. The van der Waals surface area contributed by atoms with Gasteiger partial charge in [0, 0.05) is 40.9 Å². The standard InChI is InChI=1S/C30H32N4O3S3.CH4/c1-2-37-16-15-34(40(35,36)28-13-7-17-38-28)27-12-6-9-22-19-26(33-29(22)27)30-32-20-23(39-30)18-21-8-5-10-24(21)25-11-3-4-14-31-25;/h3-4,6-7,9,11-14,17,19-21,24,33H,2,5,8,10,15-16,18H2,1H3;1H4. The molecule has 0 bridgehead atoms. The molecule has 1 N–H and O–H groups in total. The van der Waals surface area contributed by atoms with Crippen LogP contribution in [-0.4, -0.2) is 43.1 Å². The number of thiazole rings is 1. The van der Waals surface area contributed by atoms with E-state index in [0.29, 0.717) is 34.9 Å². The average Bonchev–Trinajstić information content (AvgIpc) is 3.78. The lowest BCUT2D eigenvalue weighted by Gasteiger charge is -2.24. The maximum absolute atomic E-state index is 13.7. The van der Waals surface area contributed by atoms with Crippen LogP contribution < -0.4 is 4.31 Å². The van der Waals surface area contributed by atoms with Crippen molar-refractivity contribution in [1.29, 1.82) is 0 Å². The van der Waals surface area contributed by atoms with Crippen molar-refractivity contribution >= 4 is 49.3 Å². The topological polar surface area (TPSA) is 88.2 Å². The summed E-state index contributed by atoms with van der Waals surface area (Å²) in [6, 6.07) is 17.4. The number of pyridine rings is 1. The molecule has 5 aromatic rings. The Morgan fingerprint density at radius 3 is 2.78 bits per heavy atom. The molecule has 1 saturated carbocycles. The van der Waals surface area contributed by atoms with Crippen molar-refractivity contribution in [3.05, 3.63) is 82.9 Å². The monoisotopic (exact) mass is 608 g/mol. The van der Waals surface area contributed by atoms with Crippen molar-refractivity contribution in [2.45, 2.75) is 50.2 Å². The molecule has 0 aliphatic heterocycles. The lowest BCUT2D eigenvalue weighted by molar-refractivity contribution is 0.156. The molecule has 0 saturated heterocycles. The van der Waals surface area contributed by atoms with Crippen LogP contribution in [0, 0.1) is 5.92 Å². The minimum absolute atomic E-state index is 0. The van der Waals surface area contributed by atoms with Crippen LogP contribution in [0.5, 0.6) is 0 Å². The molecule has 0 radical (unpaired) electrons. The number of ether oxygens (including phenoxy) is 1. The average molecular weight is 609 g/mol. The minimum Gasteiger partial charge on any atom is -0.380 e. The second-order valence-corrected chi connectivity index (χ2v) is 14.2. The fourth-order valence-corrected chi connectivity index (χ4v) is 9.24. The van der Waals surface area contributed by atoms with E-state index in [1.807, 2.05) is 43.6 Å². The third-order valence-corrected chi connectivity index (χ3v) is 11.8. The summed E-state index contributed by atoms with van der Waals surface area (Å²) in [5, 5.41) is 3.63. The van der Waals surface area contributed by atoms with Crippen molar-refractivity contribution in [1.82, 2.24) is 15.0 Å². The molecule has 6 rings (SSSR count). The first kappa shape index (κ1) is 29.4. The number of H-pyrrole nitrogens is 1. The number of sulfonamides is 1. The van der Waals surface area contributed by atoms with Gasteiger partial charge in [-0.15, -0.1) is 22.7 Å². The van der Waals surface area contributed by atoms with Gasteiger partial charge in [-0.1, -0.05) is 38.1 Å². The Balaban J connectivity index is 0.00000337. The number of benzene rings is 1. The number of aromatic nitrogens is 3. The molecule has 1 aliphatic carbocycles. The smallest absolute Gasteiger partial charge is 0.273 e. The number of hydrogen-bond donors (Lipinski definition) is 1. The van der Waals surface area contributed by atoms with Gasteiger partial charge in [-0.05, 0) is 67.8 Å². The summed E-state index contributed by atoms with van der Waals surface area (Å²) in [4.78, 5) is 14.2. The summed E-state index contributed by atoms with van der Waals surface area (Å²) in [5.41, 5.74) is 3.48. The molecule has 1 fully saturated rings. The van der Waals surface area contributed by atoms with E-state index in [-0.39, 0.29) is 14.0 Å². The van der Waals surface area contributed by atoms with Crippen LogP contribution >= 0.6 is 22.7 Å². The number of para-hydroxylation sites is 1. The summed E-state index contributed by atoms with van der Waals surface area (Å²) in [7, 11) is -3.74. The number of rotatable bonds is 11. The van der Waals surface area contributed by atoms with Gasteiger partial charge in [0.05, 0.1) is 30.0 Å². The van der Waals surface area contributed by atoms with E-state index in [4.69, 9.17) is 9.72 Å². The Labute approximate surface area is 250 Å². The van der Waals surface area contributed by atoms with Gasteiger partial charge >= 0.3 is 0 Å². The molecule has 0 spiro atoms. The molecule has 2 unspecified atom stereocenters. The zero-order chi connectivity index (χ0) is 27.5. The third kappa shape index (κ3) is 6.11. The lowest BCUT2D eigenvalue weighted by atomic mass is 9.89. The first-order valence-corrected chi connectivity index (χ1v) is 16.8. The Bertz CT molecular complexity index is 1660. The van der Waals surface area contributed by atoms with Crippen LogP contribution in [0.4, 0.5) is 5.69 Å². The zero-order valence-electron chi connectivity index (χ0n) is 22.3. The van der Waals surface area contributed by atoms with Crippen molar-refractivity contribution in [2.75, 3.05) is 24.1 Å². The Hall–Kier alpha value is -3.05. The number of thiophene rings is 1. The van der Waals surface area contributed by atoms with Crippen LogP contribution in [-0.2, 0) is 21.2 Å². The molecule has 41 heavy (non-hydrogen) atoms. The largest absolute Gasteiger partial charge is 0.380 e. The number of hydrogen-bond acceptors (Lipinski definition) is 7. The van der Waals surface area contributed by atoms with Gasteiger partial charge in [-0.25, -0.2) is 13.4 Å². The number of aromatic amines is 1. The van der Waals surface area contributed by atoms with Crippen LogP contribution in [0.1, 0.15) is 50.1 Å². The summed E-state index contributed by atoms with van der Waals surface area (Å²) in [6.45, 7) is 2.96. The van der Waals surface area contributed by atoms with Gasteiger partial charge in [0.2, 0.25) is 0 Å². The highest BCUT2D eigenvalue weighted by molar-refractivity contribution is 7.94. The van der Waals surface area contributed by atoms with Gasteiger partial charge in [0.1, 0.15) is 9.22 Å². The fraction of sp³-hybridized carbons (Fsp3) is 0.355. The normalized spacial score (nSPS) is 17.1. The van der Waals surface area contributed by atoms with Crippen molar-refractivity contribution in [3.8, 4) is 10.7 Å². The Morgan fingerprint density at radius 2 is 2.00 bits per heavy atom. The van der Waals surface area contributed by atoms with Gasteiger partial charge in [-0.2, -0.15) is 0 Å². The Kier molecular flexibility index (Phi) is 9.23. The molecule has 4 aromatic heterocycles. The summed E-state index contributed by atoms with van der Waals surface area (Å²) >= 11 is 2.93. The molecule has 4 heterocycles. The number of anilines is 1. The summed E-state index contributed by atoms with van der Waals surface area (Å²) < 4.78 is 34.6. The van der Waals surface area contributed by atoms with Crippen LogP contribution in [0.15, 0.2) is 76.6 Å². The first-order valence-electron chi connectivity index (χ1n) is 13.7. The highest BCUT2D eigenvalue weighted by Crippen LogP contribution is 2.42. The number of fused-ring (bicyclic) bond motifs is 1. The number of nitrogens with zero attached hydrogens (tertiary/aromatic N) is 3. The van der Waals surface area contributed by atoms with Gasteiger partial charge in [0.15, 0.2) is 0 Å². The summed E-state index contributed by atoms with van der Waals surface area (Å²) in [5.74, 6) is 1.06. The van der Waals surface area contributed by atoms with E-state index >= 15 is 0 Å². The zero-order valence-corrected chi connectivity index (χ0v) is 24.8. The Morgan fingerprint density at radius 1 is 1.10 bits per heavy atom. The molecule has 216 valence electrons. The fourth-order valence-electron chi connectivity index (χ4n) is 5.69. The van der Waals surface area contributed by atoms with E-state index in [1.54, 1.807) is 28.8 Å². The van der Waals surface area contributed by atoms with Crippen molar-refractivity contribution < 1.29 is 13.2 Å². The van der Waals surface area contributed by atoms with E-state index < -0.39 is 10.0 Å². The van der Waals surface area contributed by atoms with Crippen LogP contribution in [0.2, 0.25) is 0 Å². The van der Waals surface area contributed by atoms with Gasteiger partial charge in [0.25, 0.3) is 10.0 Å². The number of nitrogens with one attached hydrogen (secondary N) is 1. The molecule has 2 atom stereocenters. The highest BCUT2D eigenvalue weighted by atomic mass is 32.2. The van der Waals surface area contributed by atoms with E-state index in [1.165, 1.54) is 45.5 Å². The van der Waals surface area contributed by atoms with E-state index in [9.17, 15) is 8.42 Å². The van der Waals surface area contributed by atoms with Gasteiger partial charge in [-0.3, -0.25) is 9.29 Å². The second kappa shape index (κ2) is 12.9. The maximum atomic E-state index is 13.7. The predicted octanol–water partition coefficient (Wildman–Crippen LogP) is 7.74.